The van der Waals surface area contributed by atoms with Crippen LogP contribution in [0.4, 0.5) is 13.2 Å². The molecule has 1 unspecified atom stereocenters. The summed E-state index contributed by atoms with van der Waals surface area (Å²) in [6.45, 7) is 1.98. The van der Waals surface area contributed by atoms with Crippen molar-refractivity contribution >= 4 is 0 Å². The number of hydrogen-bond donors (Lipinski definition) is 1. The fourth-order valence-corrected chi connectivity index (χ4v) is 1.54. The highest BCUT2D eigenvalue weighted by Crippen LogP contribution is 2.29. The Morgan fingerprint density at radius 2 is 1.84 bits per heavy atom. The Hall–Kier alpha value is -1.89. The van der Waals surface area contributed by atoms with Crippen LogP contribution in [0.3, 0.4) is 0 Å². The molecule has 0 amide bonds. The van der Waals surface area contributed by atoms with Crippen LogP contribution in [0.5, 0.6) is 0 Å². The highest BCUT2D eigenvalue weighted by Gasteiger charge is 2.38. The van der Waals surface area contributed by atoms with E-state index in [2.05, 4.69) is 20.0 Å². The number of rotatable bonds is 3. The summed E-state index contributed by atoms with van der Waals surface area (Å²) in [6, 6.07) is 7.09. The first kappa shape index (κ1) is 13.5. The van der Waals surface area contributed by atoms with E-state index in [1.54, 1.807) is 24.3 Å². The highest BCUT2D eigenvalue weighted by atomic mass is 19.4. The van der Waals surface area contributed by atoms with Crippen molar-refractivity contribution in [3.63, 3.8) is 0 Å². The van der Waals surface area contributed by atoms with Crippen molar-refractivity contribution < 1.29 is 17.7 Å². The minimum Gasteiger partial charge on any atom is -0.329 e. The molecule has 0 aliphatic heterocycles. The summed E-state index contributed by atoms with van der Waals surface area (Å²) in [7, 11) is 1.83. The Balaban J connectivity index is 2.25. The average Bonchev–Trinajstić information content (AvgIpc) is 2.87. The Bertz CT molecular complexity index is 548. The van der Waals surface area contributed by atoms with Crippen LogP contribution in [0.15, 0.2) is 28.8 Å². The zero-order valence-corrected chi connectivity index (χ0v) is 10.3. The predicted molar refractivity (Wildman–Crippen MR) is 62.2 cm³/mol. The molecule has 1 heterocycles. The lowest BCUT2D eigenvalue weighted by atomic mass is 10.1. The molecule has 1 atom stereocenters. The van der Waals surface area contributed by atoms with Gasteiger partial charge in [0.05, 0.1) is 0 Å². The van der Waals surface area contributed by atoms with Crippen LogP contribution in [0, 0.1) is 0 Å². The molecule has 0 spiro atoms. The zero-order valence-electron chi connectivity index (χ0n) is 10.3. The van der Waals surface area contributed by atoms with Gasteiger partial charge in [0.15, 0.2) is 0 Å². The topological polar surface area (TPSA) is 51.0 Å². The maximum absolute atomic E-state index is 12.3. The Labute approximate surface area is 107 Å². The van der Waals surface area contributed by atoms with Crippen molar-refractivity contribution in [3.05, 3.63) is 35.7 Å². The van der Waals surface area contributed by atoms with Gasteiger partial charge in [0.2, 0.25) is 5.82 Å². The largest absolute Gasteiger partial charge is 0.471 e. The summed E-state index contributed by atoms with van der Waals surface area (Å²) in [4.78, 5) is 3.33. The van der Waals surface area contributed by atoms with Gasteiger partial charge < -0.3 is 9.84 Å². The minimum atomic E-state index is -4.62. The van der Waals surface area contributed by atoms with Gasteiger partial charge in [-0.3, -0.25) is 0 Å². The maximum atomic E-state index is 12.3. The van der Waals surface area contributed by atoms with E-state index < -0.39 is 12.1 Å². The first-order valence-electron chi connectivity index (χ1n) is 5.60. The van der Waals surface area contributed by atoms with Crippen molar-refractivity contribution in [1.82, 2.24) is 15.5 Å². The van der Waals surface area contributed by atoms with Crippen molar-refractivity contribution in [3.8, 4) is 11.4 Å². The van der Waals surface area contributed by atoms with Crippen molar-refractivity contribution in [2.45, 2.75) is 19.1 Å². The molecule has 0 saturated carbocycles. The highest BCUT2D eigenvalue weighted by molar-refractivity contribution is 5.54. The van der Waals surface area contributed by atoms with Crippen LogP contribution >= 0.6 is 0 Å². The van der Waals surface area contributed by atoms with Gasteiger partial charge in [-0.05, 0) is 19.5 Å². The Morgan fingerprint density at radius 3 is 2.32 bits per heavy atom. The van der Waals surface area contributed by atoms with Crippen LogP contribution in [0.2, 0.25) is 0 Å². The van der Waals surface area contributed by atoms with Crippen LogP contribution in [-0.2, 0) is 6.18 Å². The number of alkyl halides is 3. The van der Waals surface area contributed by atoms with E-state index in [4.69, 9.17) is 0 Å². The minimum absolute atomic E-state index is 0.0732. The number of nitrogens with zero attached hydrogens (tertiary/aromatic N) is 2. The van der Waals surface area contributed by atoms with Gasteiger partial charge in [-0.1, -0.05) is 29.4 Å². The van der Waals surface area contributed by atoms with Gasteiger partial charge in [-0.25, -0.2) is 0 Å². The molecule has 0 saturated heterocycles. The summed E-state index contributed by atoms with van der Waals surface area (Å²) >= 11 is 0. The van der Waals surface area contributed by atoms with Gasteiger partial charge >= 0.3 is 12.1 Å². The smallest absolute Gasteiger partial charge is 0.329 e. The molecule has 0 radical (unpaired) electrons. The van der Waals surface area contributed by atoms with Gasteiger partial charge in [0.25, 0.3) is 0 Å². The second kappa shape index (κ2) is 5.00. The lowest BCUT2D eigenvalue weighted by molar-refractivity contribution is -0.159. The molecule has 0 aliphatic carbocycles. The zero-order chi connectivity index (χ0) is 14.0. The predicted octanol–water partition coefficient (Wildman–Crippen LogP) is 3.04. The molecule has 1 N–H and O–H groups in total. The van der Waals surface area contributed by atoms with Gasteiger partial charge in [0, 0.05) is 11.6 Å². The summed E-state index contributed by atoms with van der Waals surface area (Å²) in [5.74, 6) is -1.41. The Kier molecular flexibility index (Phi) is 3.57. The van der Waals surface area contributed by atoms with E-state index in [0.29, 0.717) is 5.56 Å². The van der Waals surface area contributed by atoms with Crippen LogP contribution in [0.1, 0.15) is 24.4 Å². The molecule has 0 bridgehead atoms. The number of hydrogen-bond acceptors (Lipinski definition) is 4. The van der Waals surface area contributed by atoms with Gasteiger partial charge in [-0.2, -0.15) is 18.2 Å². The van der Waals surface area contributed by atoms with Crippen molar-refractivity contribution in [1.29, 1.82) is 0 Å². The second-order valence-corrected chi connectivity index (χ2v) is 4.05. The fourth-order valence-electron chi connectivity index (χ4n) is 1.54. The fraction of sp³-hybridized carbons (Fsp3) is 0.333. The molecule has 7 heteroatoms. The third-order valence-electron chi connectivity index (χ3n) is 2.77. The number of benzene rings is 1. The molecule has 1 aromatic carbocycles. The Morgan fingerprint density at radius 1 is 1.21 bits per heavy atom. The number of halogens is 3. The first-order valence-corrected chi connectivity index (χ1v) is 5.60. The third-order valence-corrected chi connectivity index (χ3v) is 2.77. The van der Waals surface area contributed by atoms with E-state index in [-0.39, 0.29) is 11.9 Å². The summed E-state index contributed by atoms with van der Waals surface area (Å²) in [5.41, 5.74) is 1.50. The van der Waals surface area contributed by atoms with E-state index in [9.17, 15) is 13.2 Å². The number of aromatic nitrogens is 2. The second-order valence-electron chi connectivity index (χ2n) is 4.05. The van der Waals surface area contributed by atoms with Gasteiger partial charge in [-0.15, -0.1) is 0 Å². The van der Waals surface area contributed by atoms with E-state index in [1.165, 1.54) is 0 Å². The first-order chi connectivity index (χ1) is 8.91. The number of nitrogens with one attached hydrogen (secondary N) is 1. The molecular formula is C12H12F3N3O. The van der Waals surface area contributed by atoms with Crippen LogP contribution in [-0.4, -0.2) is 17.2 Å². The van der Waals surface area contributed by atoms with Crippen molar-refractivity contribution in [2.24, 2.45) is 0 Å². The molecular weight excluding hydrogens is 259 g/mol. The SMILES string of the molecule is CNC(C)c1ccc(-c2noc(C(F)(F)F)n2)cc1. The van der Waals surface area contributed by atoms with E-state index in [1.807, 2.05) is 14.0 Å². The lowest BCUT2D eigenvalue weighted by Gasteiger charge is -2.10. The summed E-state index contributed by atoms with van der Waals surface area (Å²) in [6.07, 6.45) is -4.62. The molecule has 2 rings (SSSR count). The summed E-state index contributed by atoms with van der Waals surface area (Å²) in [5, 5.41) is 6.39. The molecule has 0 aliphatic rings. The lowest BCUT2D eigenvalue weighted by Crippen LogP contribution is -2.11. The molecule has 4 nitrogen and oxygen atoms in total. The monoisotopic (exact) mass is 271 g/mol. The van der Waals surface area contributed by atoms with E-state index >= 15 is 0 Å². The van der Waals surface area contributed by atoms with Crippen LogP contribution < -0.4 is 5.32 Å². The quantitative estimate of drug-likeness (QED) is 0.932. The molecule has 1 aromatic heterocycles. The summed E-state index contributed by atoms with van der Waals surface area (Å²) < 4.78 is 41.2. The van der Waals surface area contributed by atoms with Crippen molar-refractivity contribution in [2.75, 3.05) is 7.05 Å². The molecule has 0 fully saturated rings. The van der Waals surface area contributed by atoms with E-state index in [0.717, 1.165) is 5.56 Å². The standard InChI is InChI=1S/C12H12F3N3O/c1-7(16-2)8-3-5-9(6-4-8)10-17-11(19-18-10)12(13,14)15/h3-7,16H,1-2H3. The third kappa shape index (κ3) is 2.93. The maximum Gasteiger partial charge on any atom is 0.471 e. The molecule has 102 valence electrons. The van der Waals surface area contributed by atoms with Gasteiger partial charge in [0.1, 0.15) is 0 Å². The van der Waals surface area contributed by atoms with Crippen LogP contribution in [0.25, 0.3) is 11.4 Å². The average molecular weight is 271 g/mol. The molecule has 2 aromatic rings. The molecule has 19 heavy (non-hydrogen) atoms. The normalized spacial score (nSPS) is 13.5.